The number of hydrogen-bond acceptors (Lipinski definition) is 1. The van der Waals surface area contributed by atoms with Gasteiger partial charge in [-0.2, -0.15) is 0 Å². The molecule has 1 N–H and O–H groups in total. The predicted octanol–water partition coefficient (Wildman–Crippen LogP) is 6.86. The van der Waals surface area contributed by atoms with E-state index in [-0.39, 0.29) is 0 Å². The zero-order valence-electron chi connectivity index (χ0n) is 15.4. The number of nitrogens with one attached hydrogen (secondary N) is 1. The Kier molecular flexibility index (Phi) is 18.0. The van der Waals surface area contributed by atoms with E-state index in [1.165, 1.54) is 103 Å². The van der Waals surface area contributed by atoms with E-state index in [9.17, 15) is 0 Å². The molecule has 0 spiro atoms. The van der Waals surface area contributed by atoms with Gasteiger partial charge in [0.15, 0.2) is 0 Å². The fraction of sp³-hybridized carbons (Fsp3) is 1.00. The average molecular weight is 298 g/mol. The summed E-state index contributed by atoms with van der Waals surface area (Å²) in [5.74, 6) is 0. The van der Waals surface area contributed by atoms with E-state index < -0.39 is 0 Å². The van der Waals surface area contributed by atoms with E-state index in [2.05, 4.69) is 26.1 Å². The van der Waals surface area contributed by atoms with Crippen LogP contribution >= 0.6 is 0 Å². The highest BCUT2D eigenvalue weighted by atomic mass is 14.9. The molecule has 0 aliphatic rings. The molecular weight excluding hydrogens is 254 g/mol. The van der Waals surface area contributed by atoms with Gasteiger partial charge < -0.3 is 5.32 Å². The Morgan fingerprint density at radius 1 is 0.571 bits per heavy atom. The first-order valence-electron chi connectivity index (χ1n) is 10.1. The van der Waals surface area contributed by atoms with Crippen LogP contribution in [0.4, 0.5) is 0 Å². The van der Waals surface area contributed by atoms with Crippen molar-refractivity contribution in [3.8, 4) is 0 Å². The van der Waals surface area contributed by atoms with Gasteiger partial charge in [0, 0.05) is 6.04 Å². The van der Waals surface area contributed by atoms with Crippen molar-refractivity contribution in [2.75, 3.05) is 6.54 Å². The monoisotopic (exact) mass is 297 g/mol. The normalized spacial score (nSPS) is 12.7. The molecule has 128 valence electrons. The number of hydrogen-bond donors (Lipinski definition) is 1. The van der Waals surface area contributed by atoms with Gasteiger partial charge in [-0.05, 0) is 25.8 Å². The lowest BCUT2D eigenvalue weighted by molar-refractivity contribution is 0.432. The van der Waals surface area contributed by atoms with E-state index in [0.29, 0.717) is 0 Å². The molecule has 0 rings (SSSR count). The lowest BCUT2D eigenvalue weighted by atomic mass is 10.0. The minimum atomic E-state index is 0.774. The topological polar surface area (TPSA) is 12.0 Å². The zero-order chi connectivity index (χ0) is 15.6. The molecule has 0 saturated carbocycles. The third kappa shape index (κ3) is 16.2. The standard InChI is InChI=1S/C20H43N/c1-4-7-9-11-13-14-16-18-20(6-3)21-19-17-15-12-10-8-5-2/h20-21H,4-19H2,1-3H3. The van der Waals surface area contributed by atoms with E-state index >= 15 is 0 Å². The Labute approximate surface area is 135 Å². The molecule has 0 aromatic heterocycles. The van der Waals surface area contributed by atoms with E-state index in [4.69, 9.17) is 0 Å². The zero-order valence-corrected chi connectivity index (χ0v) is 15.4. The first-order chi connectivity index (χ1) is 10.3. The van der Waals surface area contributed by atoms with Gasteiger partial charge in [-0.15, -0.1) is 0 Å². The summed E-state index contributed by atoms with van der Waals surface area (Å²) in [5, 5.41) is 3.77. The van der Waals surface area contributed by atoms with E-state index in [1.54, 1.807) is 0 Å². The van der Waals surface area contributed by atoms with Gasteiger partial charge in [-0.1, -0.05) is 97.8 Å². The largest absolute Gasteiger partial charge is 0.314 e. The van der Waals surface area contributed by atoms with Gasteiger partial charge in [0.1, 0.15) is 0 Å². The van der Waals surface area contributed by atoms with Crippen LogP contribution in [-0.2, 0) is 0 Å². The first kappa shape index (κ1) is 21.0. The predicted molar refractivity (Wildman–Crippen MR) is 98.1 cm³/mol. The van der Waals surface area contributed by atoms with Crippen molar-refractivity contribution in [2.45, 2.75) is 123 Å². The summed E-state index contributed by atoms with van der Waals surface area (Å²) in [5.41, 5.74) is 0. The number of unbranched alkanes of at least 4 members (excludes halogenated alkanes) is 11. The van der Waals surface area contributed by atoms with Gasteiger partial charge >= 0.3 is 0 Å². The molecule has 0 fully saturated rings. The highest BCUT2D eigenvalue weighted by Gasteiger charge is 2.04. The van der Waals surface area contributed by atoms with Crippen molar-refractivity contribution < 1.29 is 0 Å². The molecule has 1 unspecified atom stereocenters. The van der Waals surface area contributed by atoms with Gasteiger partial charge in [-0.25, -0.2) is 0 Å². The van der Waals surface area contributed by atoms with Gasteiger partial charge in [0.25, 0.3) is 0 Å². The SMILES string of the molecule is CCCCCCCCCC(CC)NCCCCCCCC. The quantitative estimate of drug-likeness (QED) is 0.289. The van der Waals surface area contributed by atoms with Crippen molar-refractivity contribution in [3.05, 3.63) is 0 Å². The minimum absolute atomic E-state index is 0.774. The maximum absolute atomic E-state index is 3.77. The molecule has 0 aromatic rings. The Hall–Kier alpha value is -0.0400. The third-order valence-electron chi connectivity index (χ3n) is 4.61. The molecule has 0 heterocycles. The third-order valence-corrected chi connectivity index (χ3v) is 4.61. The highest BCUT2D eigenvalue weighted by molar-refractivity contribution is 4.65. The van der Waals surface area contributed by atoms with Crippen molar-refractivity contribution >= 4 is 0 Å². The van der Waals surface area contributed by atoms with Crippen LogP contribution in [0.5, 0.6) is 0 Å². The molecule has 0 radical (unpaired) electrons. The summed E-state index contributed by atoms with van der Waals surface area (Å²) in [7, 11) is 0. The van der Waals surface area contributed by atoms with Gasteiger partial charge in [0.2, 0.25) is 0 Å². The van der Waals surface area contributed by atoms with Crippen LogP contribution < -0.4 is 5.32 Å². The number of rotatable bonds is 17. The molecule has 0 bridgehead atoms. The Bertz CT molecular complexity index is 161. The molecule has 1 atom stereocenters. The molecule has 0 aliphatic carbocycles. The first-order valence-corrected chi connectivity index (χ1v) is 10.1. The van der Waals surface area contributed by atoms with Crippen LogP contribution in [0.25, 0.3) is 0 Å². The van der Waals surface area contributed by atoms with Crippen molar-refractivity contribution in [1.82, 2.24) is 5.32 Å². The summed E-state index contributed by atoms with van der Waals surface area (Å²) < 4.78 is 0. The molecular formula is C20H43N. The fourth-order valence-corrected chi connectivity index (χ4v) is 3.01. The maximum atomic E-state index is 3.77. The van der Waals surface area contributed by atoms with Gasteiger partial charge in [-0.3, -0.25) is 0 Å². The Morgan fingerprint density at radius 2 is 1.05 bits per heavy atom. The average Bonchev–Trinajstić information content (AvgIpc) is 2.51. The molecule has 1 nitrogen and oxygen atoms in total. The van der Waals surface area contributed by atoms with Crippen LogP contribution in [-0.4, -0.2) is 12.6 Å². The summed E-state index contributed by atoms with van der Waals surface area (Å²) in [4.78, 5) is 0. The maximum Gasteiger partial charge on any atom is 0.00644 e. The lowest BCUT2D eigenvalue weighted by Gasteiger charge is -2.16. The molecule has 0 aromatic carbocycles. The van der Waals surface area contributed by atoms with Crippen LogP contribution in [0.15, 0.2) is 0 Å². The highest BCUT2D eigenvalue weighted by Crippen LogP contribution is 2.11. The van der Waals surface area contributed by atoms with Crippen molar-refractivity contribution in [3.63, 3.8) is 0 Å². The Balaban J connectivity index is 3.29. The van der Waals surface area contributed by atoms with Crippen LogP contribution in [0, 0.1) is 0 Å². The second-order valence-electron chi connectivity index (χ2n) is 6.74. The summed E-state index contributed by atoms with van der Waals surface area (Å²) >= 11 is 0. The molecule has 0 saturated heterocycles. The second-order valence-corrected chi connectivity index (χ2v) is 6.74. The van der Waals surface area contributed by atoms with Crippen molar-refractivity contribution in [2.24, 2.45) is 0 Å². The Morgan fingerprint density at radius 3 is 1.57 bits per heavy atom. The van der Waals surface area contributed by atoms with Crippen LogP contribution in [0.1, 0.15) is 117 Å². The summed E-state index contributed by atoms with van der Waals surface area (Å²) in [6.07, 6.45) is 21.1. The van der Waals surface area contributed by atoms with E-state index in [0.717, 1.165) is 6.04 Å². The minimum Gasteiger partial charge on any atom is -0.314 e. The summed E-state index contributed by atoms with van der Waals surface area (Å²) in [6, 6.07) is 0.774. The van der Waals surface area contributed by atoms with Crippen LogP contribution in [0.2, 0.25) is 0 Å². The van der Waals surface area contributed by atoms with E-state index in [1.807, 2.05) is 0 Å². The smallest absolute Gasteiger partial charge is 0.00644 e. The van der Waals surface area contributed by atoms with Crippen LogP contribution in [0.3, 0.4) is 0 Å². The lowest BCUT2D eigenvalue weighted by Crippen LogP contribution is -2.29. The van der Waals surface area contributed by atoms with Gasteiger partial charge in [0.05, 0.1) is 0 Å². The summed E-state index contributed by atoms with van der Waals surface area (Å²) in [6.45, 7) is 8.15. The second kappa shape index (κ2) is 18.0. The molecule has 21 heavy (non-hydrogen) atoms. The molecule has 0 aliphatic heterocycles. The molecule has 1 heteroatoms. The fourth-order valence-electron chi connectivity index (χ4n) is 3.01. The van der Waals surface area contributed by atoms with Crippen molar-refractivity contribution in [1.29, 1.82) is 0 Å². The molecule has 0 amide bonds.